The quantitative estimate of drug-likeness (QED) is 0.320. The van der Waals surface area contributed by atoms with Gasteiger partial charge in [-0.25, -0.2) is 0 Å². The first-order valence-corrected chi connectivity index (χ1v) is 13.4. The van der Waals surface area contributed by atoms with E-state index in [-0.39, 0.29) is 17.9 Å². The van der Waals surface area contributed by atoms with Crippen LogP contribution in [0.2, 0.25) is 0 Å². The van der Waals surface area contributed by atoms with Crippen LogP contribution < -0.4 is 0 Å². The van der Waals surface area contributed by atoms with Crippen molar-refractivity contribution in [2.45, 2.75) is 126 Å². The molecule has 1 aliphatic carbocycles. The van der Waals surface area contributed by atoms with E-state index in [1.165, 1.54) is 19.3 Å². The van der Waals surface area contributed by atoms with E-state index in [1.54, 1.807) is 0 Å². The molecule has 0 aromatic heterocycles. The van der Waals surface area contributed by atoms with E-state index < -0.39 is 6.10 Å². The fraction of sp³-hybridized carbons (Fsp3) is 1.00. The van der Waals surface area contributed by atoms with Gasteiger partial charge in [0.15, 0.2) is 0 Å². The average molecular weight is 425 g/mol. The molecule has 1 rings (SSSR count). The predicted molar refractivity (Wildman–Crippen MR) is 131 cm³/mol. The highest BCUT2D eigenvalue weighted by molar-refractivity contribution is 5.01. The number of aliphatic hydroxyl groups is 2. The predicted octanol–water partition coefficient (Wildman–Crippen LogP) is 7.57. The average Bonchev–Trinajstić information content (AvgIpc) is 3.10. The second-order valence-electron chi connectivity index (χ2n) is 11.2. The van der Waals surface area contributed by atoms with Crippen molar-refractivity contribution in [3.05, 3.63) is 0 Å². The number of hydrogen-bond donors (Lipinski definition) is 2. The highest BCUT2D eigenvalue weighted by Crippen LogP contribution is 2.58. The summed E-state index contributed by atoms with van der Waals surface area (Å²) in [6, 6.07) is 0. The highest BCUT2D eigenvalue weighted by Gasteiger charge is 2.52. The van der Waals surface area contributed by atoms with Gasteiger partial charge in [-0.3, -0.25) is 0 Å². The van der Waals surface area contributed by atoms with Crippen molar-refractivity contribution in [1.82, 2.24) is 0 Å². The fourth-order valence-corrected chi connectivity index (χ4v) is 7.27. The first kappa shape index (κ1) is 28.0. The zero-order valence-electron chi connectivity index (χ0n) is 22.1. The molecule has 0 spiro atoms. The van der Waals surface area contributed by atoms with Crippen LogP contribution in [-0.2, 0) is 0 Å². The number of hydrogen-bond acceptors (Lipinski definition) is 2. The minimum atomic E-state index is -0.395. The molecular weight excluding hydrogens is 368 g/mol. The Morgan fingerprint density at radius 3 is 1.77 bits per heavy atom. The minimum absolute atomic E-state index is 0.00104. The smallest absolute Gasteiger partial charge is 0.0621 e. The standard InChI is InChI=1S/C28H56O2/c1-11-18(6)21(9)24(13-3)22(10)28(15-5)17-23(16-20(28)8)27(30)25(14-4)26(29)19(7)12-2/h18-27,29-30H,11-17H2,1-10H3. The molecule has 0 radical (unpaired) electrons. The van der Waals surface area contributed by atoms with Crippen LogP contribution in [0.1, 0.15) is 114 Å². The van der Waals surface area contributed by atoms with E-state index in [2.05, 4.69) is 69.2 Å². The molecule has 0 amide bonds. The van der Waals surface area contributed by atoms with Gasteiger partial charge in [0.1, 0.15) is 0 Å². The summed E-state index contributed by atoms with van der Waals surface area (Å²) in [5, 5.41) is 22.3. The number of aliphatic hydroxyl groups excluding tert-OH is 2. The van der Waals surface area contributed by atoms with E-state index in [0.29, 0.717) is 23.2 Å². The van der Waals surface area contributed by atoms with Crippen molar-refractivity contribution in [3.63, 3.8) is 0 Å². The molecule has 2 N–H and O–H groups in total. The van der Waals surface area contributed by atoms with Crippen LogP contribution in [-0.4, -0.2) is 22.4 Å². The molecule has 1 aliphatic rings. The summed E-state index contributed by atoms with van der Waals surface area (Å²) in [6.07, 6.45) is 6.99. The molecule has 0 aromatic carbocycles. The van der Waals surface area contributed by atoms with Crippen LogP contribution in [0.15, 0.2) is 0 Å². The topological polar surface area (TPSA) is 40.5 Å². The third-order valence-electron chi connectivity index (χ3n) is 10.2. The van der Waals surface area contributed by atoms with Gasteiger partial charge in [0.05, 0.1) is 12.2 Å². The maximum absolute atomic E-state index is 11.4. The van der Waals surface area contributed by atoms with E-state index in [9.17, 15) is 10.2 Å². The van der Waals surface area contributed by atoms with Gasteiger partial charge in [-0.15, -0.1) is 0 Å². The van der Waals surface area contributed by atoms with E-state index in [4.69, 9.17) is 0 Å². The Morgan fingerprint density at radius 2 is 1.33 bits per heavy atom. The van der Waals surface area contributed by atoms with Crippen molar-refractivity contribution in [3.8, 4) is 0 Å². The summed E-state index contributed by atoms with van der Waals surface area (Å²) >= 11 is 0. The van der Waals surface area contributed by atoms with Gasteiger partial charge >= 0.3 is 0 Å². The van der Waals surface area contributed by atoms with Crippen LogP contribution in [0, 0.1) is 52.8 Å². The minimum Gasteiger partial charge on any atom is -0.392 e. The molecule has 0 saturated heterocycles. The zero-order valence-corrected chi connectivity index (χ0v) is 22.1. The Labute approximate surface area is 189 Å². The second-order valence-corrected chi connectivity index (χ2v) is 11.2. The third kappa shape index (κ3) is 5.64. The van der Waals surface area contributed by atoms with Gasteiger partial charge in [-0.1, -0.05) is 88.5 Å². The molecular formula is C28H56O2. The monoisotopic (exact) mass is 424 g/mol. The van der Waals surface area contributed by atoms with Gasteiger partial charge in [0, 0.05) is 5.92 Å². The molecule has 30 heavy (non-hydrogen) atoms. The van der Waals surface area contributed by atoms with Crippen LogP contribution in [0.3, 0.4) is 0 Å². The largest absolute Gasteiger partial charge is 0.392 e. The number of rotatable bonds is 13. The molecule has 180 valence electrons. The lowest BCUT2D eigenvalue weighted by molar-refractivity contribution is -0.0459. The van der Waals surface area contributed by atoms with Gasteiger partial charge in [-0.05, 0) is 72.5 Å². The lowest BCUT2D eigenvalue weighted by Crippen LogP contribution is -2.41. The van der Waals surface area contributed by atoms with Gasteiger partial charge in [-0.2, -0.15) is 0 Å². The van der Waals surface area contributed by atoms with E-state index in [0.717, 1.165) is 43.4 Å². The van der Waals surface area contributed by atoms with Crippen LogP contribution in [0.4, 0.5) is 0 Å². The van der Waals surface area contributed by atoms with Crippen LogP contribution in [0.5, 0.6) is 0 Å². The Hall–Kier alpha value is -0.0800. The van der Waals surface area contributed by atoms with Crippen molar-refractivity contribution >= 4 is 0 Å². The molecule has 0 heterocycles. The van der Waals surface area contributed by atoms with Crippen molar-refractivity contribution in [2.24, 2.45) is 52.8 Å². The van der Waals surface area contributed by atoms with Crippen LogP contribution >= 0.6 is 0 Å². The molecule has 0 aliphatic heterocycles. The molecule has 0 bridgehead atoms. The van der Waals surface area contributed by atoms with Gasteiger partial charge in [0.2, 0.25) is 0 Å². The molecule has 2 heteroatoms. The molecule has 2 nitrogen and oxygen atoms in total. The van der Waals surface area contributed by atoms with Gasteiger partial charge in [0.25, 0.3) is 0 Å². The summed E-state index contributed by atoms with van der Waals surface area (Å²) in [6.45, 7) is 23.3. The lowest BCUT2D eigenvalue weighted by Gasteiger charge is -2.46. The fourth-order valence-electron chi connectivity index (χ4n) is 7.27. The molecule has 1 saturated carbocycles. The molecule has 11 unspecified atom stereocenters. The van der Waals surface area contributed by atoms with E-state index >= 15 is 0 Å². The maximum Gasteiger partial charge on any atom is 0.0621 e. The first-order chi connectivity index (χ1) is 14.1. The Kier molecular flexibility index (Phi) is 11.4. The Morgan fingerprint density at radius 1 is 0.800 bits per heavy atom. The zero-order chi connectivity index (χ0) is 23.2. The highest BCUT2D eigenvalue weighted by atomic mass is 16.3. The van der Waals surface area contributed by atoms with E-state index in [1.807, 2.05) is 0 Å². The first-order valence-electron chi connectivity index (χ1n) is 13.4. The third-order valence-corrected chi connectivity index (χ3v) is 10.2. The molecule has 1 fully saturated rings. The molecule has 0 aromatic rings. The second kappa shape index (κ2) is 12.2. The van der Waals surface area contributed by atoms with Crippen molar-refractivity contribution in [1.29, 1.82) is 0 Å². The maximum atomic E-state index is 11.4. The summed E-state index contributed by atoms with van der Waals surface area (Å²) in [4.78, 5) is 0. The summed E-state index contributed by atoms with van der Waals surface area (Å²) in [7, 11) is 0. The summed E-state index contributed by atoms with van der Waals surface area (Å²) in [5.41, 5.74) is 0.313. The van der Waals surface area contributed by atoms with Crippen molar-refractivity contribution in [2.75, 3.05) is 0 Å². The lowest BCUT2D eigenvalue weighted by atomic mass is 9.59. The normalized spacial score (nSPS) is 32.8. The summed E-state index contributed by atoms with van der Waals surface area (Å²) < 4.78 is 0. The SMILES string of the molecule is CCC(C)C(C)C(CC)C(C)C1(CC)CC(C(O)C(CC)C(O)C(C)CC)CC1C. The Balaban J connectivity index is 3.10. The van der Waals surface area contributed by atoms with Gasteiger partial charge < -0.3 is 10.2 Å². The molecule has 11 atom stereocenters. The Bertz CT molecular complexity index is 477. The van der Waals surface area contributed by atoms with Crippen molar-refractivity contribution < 1.29 is 10.2 Å². The van der Waals surface area contributed by atoms with Crippen LogP contribution in [0.25, 0.3) is 0 Å². The summed E-state index contributed by atoms with van der Waals surface area (Å²) in [5.74, 6) is 4.12.